The highest BCUT2D eigenvalue weighted by atomic mass is 19.4. The average Bonchev–Trinajstić information content (AvgIpc) is 2.74. The molecule has 0 bridgehead atoms. The molecule has 0 spiro atoms. The molecule has 1 aliphatic heterocycles. The number of carbonyl (C=O) groups is 1. The Balaban J connectivity index is 1.83. The Morgan fingerprint density at radius 2 is 1.97 bits per heavy atom. The van der Waals surface area contributed by atoms with Gasteiger partial charge in [-0.3, -0.25) is 0 Å². The molecule has 0 saturated heterocycles. The number of alkyl halides is 3. The zero-order valence-corrected chi connectivity index (χ0v) is 16.0. The summed E-state index contributed by atoms with van der Waals surface area (Å²) in [5, 5.41) is 3.71. The third-order valence-corrected chi connectivity index (χ3v) is 4.11. The van der Waals surface area contributed by atoms with Crippen molar-refractivity contribution >= 4 is 23.3 Å². The van der Waals surface area contributed by atoms with Crippen LogP contribution >= 0.6 is 0 Å². The lowest BCUT2D eigenvalue weighted by Gasteiger charge is -2.19. The van der Waals surface area contributed by atoms with Gasteiger partial charge in [0.2, 0.25) is 5.90 Å². The fourth-order valence-electron chi connectivity index (χ4n) is 2.71. The maximum absolute atomic E-state index is 12.9. The first-order chi connectivity index (χ1) is 14.3. The second-order valence-electron chi connectivity index (χ2n) is 6.03. The molecule has 2 aromatic carbocycles. The second-order valence-corrected chi connectivity index (χ2v) is 6.03. The van der Waals surface area contributed by atoms with Gasteiger partial charge in [-0.2, -0.15) is 13.2 Å². The van der Waals surface area contributed by atoms with Crippen LogP contribution in [0.4, 0.5) is 18.9 Å². The van der Waals surface area contributed by atoms with E-state index < -0.39 is 17.7 Å². The number of fused-ring (bicyclic) bond motifs is 1. The number of hydrogen-bond donors (Lipinski definition) is 0. The lowest BCUT2D eigenvalue weighted by molar-refractivity contribution is -0.137. The highest BCUT2D eigenvalue weighted by Crippen LogP contribution is 2.37. The van der Waals surface area contributed by atoms with Crippen molar-refractivity contribution in [3.63, 3.8) is 0 Å². The number of esters is 1. The van der Waals surface area contributed by atoms with E-state index >= 15 is 0 Å². The van der Waals surface area contributed by atoms with Gasteiger partial charge in [-0.1, -0.05) is 29.4 Å². The van der Waals surface area contributed by atoms with Gasteiger partial charge < -0.3 is 19.0 Å². The summed E-state index contributed by atoms with van der Waals surface area (Å²) >= 11 is 0. The summed E-state index contributed by atoms with van der Waals surface area (Å²) in [6, 6.07) is 9.81. The second kappa shape index (κ2) is 8.85. The van der Waals surface area contributed by atoms with Crippen LogP contribution in [0, 0.1) is 0 Å². The summed E-state index contributed by atoms with van der Waals surface area (Å²) in [5.41, 5.74) is 0.120. The Labute approximate surface area is 169 Å². The van der Waals surface area contributed by atoms with Crippen molar-refractivity contribution in [2.75, 3.05) is 20.8 Å². The van der Waals surface area contributed by atoms with Crippen molar-refractivity contribution in [1.82, 2.24) is 0 Å². The smallest absolute Gasteiger partial charge is 0.416 e. The van der Waals surface area contributed by atoms with Crippen LogP contribution in [0.1, 0.15) is 16.7 Å². The Bertz CT molecular complexity index is 1000. The Morgan fingerprint density at radius 3 is 2.67 bits per heavy atom. The zero-order valence-electron chi connectivity index (χ0n) is 16.0. The lowest BCUT2D eigenvalue weighted by Crippen LogP contribution is -2.21. The van der Waals surface area contributed by atoms with Gasteiger partial charge in [0.05, 0.1) is 12.7 Å². The molecule has 158 valence electrons. The molecule has 1 heterocycles. The van der Waals surface area contributed by atoms with Crippen LogP contribution in [0.15, 0.2) is 52.6 Å². The predicted octanol–water partition coefficient (Wildman–Crippen LogP) is 3.87. The van der Waals surface area contributed by atoms with Crippen LogP contribution in [0.25, 0.3) is 0 Å². The summed E-state index contributed by atoms with van der Waals surface area (Å²) < 4.78 is 54.5. The Kier molecular flexibility index (Phi) is 6.24. The SMILES string of the molecule is CO/N=C(/C(=O)OC)c1ccccc1COC1=Nc2cc(C(F)(F)F)ccc2OC1. The van der Waals surface area contributed by atoms with Gasteiger partial charge >= 0.3 is 12.1 Å². The molecule has 0 amide bonds. The number of benzene rings is 2. The van der Waals surface area contributed by atoms with E-state index in [4.69, 9.17) is 19.0 Å². The number of halogens is 3. The quantitative estimate of drug-likeness (QED) is 0.415. The fourth-order valence-corrected chi connectivity index (χ4v) is 2.71. The molecule has 1 aliphatic rings. The first-order valence-corrected chi connectivity index (χ1v) is 8.65. The number of nitrogens with zero attached hydrogens (tertiary/aromatic N) is 2. The van der Waals surface area contributed by atoms with Crippen molar-refractivity contribution in [3.8, 4) is 5.75 Å². The Morgan fingerprint density at radius 1 is 1.20 bits per heavy atom. The van der Waals surface area contributed by atoms with Crippen LogP contribution < -0.4 is 4.74 Å². The van der Waals surface area contributed by atoms with E-state index in [0.29, 0.717) is 11.1 Å². The summed E-state index contributed by atoms with van der Waals surface area (Å²) in [4.78, 5) is 20.8. The lowest BCUT2D eigenvalue weighted by atomic mass is 10.0. The topological polar surface area (TPSA) is 78.7 Å². The molecule has 0 saturated carbocycles. The molecule has 0 fully saturated rings. The van der Waals surface area contributed by atoms with Gasteiger partial charge in [0.1, 0.15) is 25.2 Å². The summed E-state index contributed by atoms with van der Waals surface area (Å²) in [6.45, 7) is -0.0804. The van der Waals surface area contributed by atoms with Crippen LogP contribution in [-0.4, -0.2) is 38.4 Å². The van der Waals surface area contributed by atoms with E-state index in [1.54, 1.807) is 24.3 Å². The van der Waals surface area contributed by atoms with Crippen LogP contribution in [0.3, 0.4) is 0 Å². The van der Waals surface area contributed by atoms with Crippen molar-refractivity contribution < 1.29 is 37.0 Å². The predicted molar refractivity (Wildman–Crippen MR) is 101 cm³/mol. The molecular weight excluding hydrogens is 405 g/mol. The summed E-state index contributed by atoms with van der Waals surface area (Å²) in [7, 11) is 2.51. The van der Waals surface area contributed by atoms with E-state index in [-0.39, 0.29) is 36.3 Å². The maximum Gasteiger partial charge on any atom is 0.416 e. The molecule has 2 aromatic rings. The molecule has 0 aliphatic carbocycles. The molecule has 0 unspecified atom stereocenters. The third kappa shape index (κ3) is 4.70. The van der Waals surface area contributed by atoms with Crippen LogP contribution in [-0.2, 0) is 31.9 Å². The Hall–Kier alpha value is -3.56. The fraction of sp³-hybridized carbons (Fsp3) is 0.250. The molecule has 0 radical (unpaired) electrons. The van der Waals surface area contributed by atoms with E-state index in [0.717, 1.165) is 12.1 Å². The van der Waals surface area contributed by atoms with Gasteiger partial charge in [-0.25, -0.2) is 9.79 Å². The molecular formula is C20H17F3N2O5. The van der Waals surface area contributed by atoms with Crippen molar-refractivity contribution in [3.05, 3.63) is 59.2 Å². The molecule has 0 aromatic heterocycles. The number of oxime groups is 1. The van der Waals surface area contributed by atoms with Crippen molar-refractivity contribution in [2.45, 2.75) is 12.8 Å². The number of methoxy groups -OCH3 is 1. The molecule has 10 heteroatoms. The van der Waals surface area contributed by atoms with Crippen molar-refractivity contribution in [2.24, 2.45) is 10.1 Å². The van der Waals surface area contributed by atoms with E-state index in [1.807, 2.05) is 0 Å². The maximum atomic E-state index is 12.9. The van der Waals surface area contributed by atoms with E-state index in [1.165, 1.54) is 20.3 Å². The minimum absolute atomic E-state index is 0.0237. The summed E-state index contributed by atoms with van der Waals surface area (Å²) in [5.74, 6) is -0.368. The first-order valence-electron chi connectivity index (χ1n) is 8.65. The van der Waals surface area contributed by atoms with Gasteiger partial charge in [-0.05, 0) is 23.8 Å². The van der Waals surface area contributed by atoms with Gasteiger partial charge in [-0.15, -0.1) is 0 Å². The zero-order chi connectivity index (χ0) is 21.7. The van der Waals surface area contributed by atoms with Crippen molar-refractivity contribution in [1.29, 1.82) is 0 Å². The highest BCUT2D eigenvalue weighted by Gasteiger charge is 2.32. The summed E-state index contributed by atoms with van der Waals surface area (Å²) in [6.07, 6.45) is -4.49. The van der Waals surface area contributed by atoms with Crippen LogP contribution in [0.5, 0.6) is 5.75 Å². The number of aliphatic imine (C=N–C) groups is 1. The molecule has 3 rings (SSSR count). The number of carbonyl (C=O) groups excluding carboxylic acids is 1. The van der Waals surface area contributed by atoms with Gasteiger partial charge in [0, 0.05) is 5.56 Å². The molecule has 7 nitrogen and oxygen atoms in total. The third-order valence-electron chi connectivity index (χ3n) is 4.11. The highest BCUT2D eigenvalue weighted by molar-refractivity contribution is 6.43. The molecule has 30 heavy (non-hydrogen) atoms. The largest absolute Gasteiger partial charge is 0.482 e. The van der Waals surface area contributed by atoms with Gasteiger partial charge in [0.15, 0.2) is 12.3 Å². The number of rotatable bonds is 5. The molecule has 0 atom stereocenters. The number of hydrogen-bond acceptors (Lipinski definition) is 7. The normalized spacial score (nSPS) is 13.6. The van der Waals surface area contributed by atoms with Gasteiger partial charge in [0.25, 0.3) is 0 Å². The number of ether oxygens (including phenoxy) is 3. The van der Waals surface area contributed by atoms with E-state index in [2.05, 4.69) is 10.1 Å². The first kappa shape index (κ1) is 21.2. The monoisotopic (exact) mass is 422 g/mol. The van der Waals surface area contributed by atoms with Crippen LogP contribution in [0.2, 0.25) is 0 Å². The average molecular weight is 422 g/mol. The molecule has 0 N–H and O–H groups in total. The van der Waals surface area contributed by atoms with E-state index in [9.17, 15) is 18.0 Å². The standard InChI is InChI=1S/C20H17F3N2O5/c1-27-19(26)18(25-28-2)14-6-4-3-5-12(14)10-30-17-11-29-16-8-7-13(20(21,22)23)9-15(16)24-17/h3-9H,10-11H2,1-2H3/b25-18+. The minimum atomic E-state index is -4.49. The minimum Gasteiger partial charge on any atom is -0.482 e.